The van der Waals surface area contributed by atoms with E-state index in [2.05, 4.69) is 10.6 Å². The predicted molar refractivity (Wildman–Crippen MR) is 75.5 cm³/mol. The minimum atomic E-state index is -0.593. The van der Waals surface area contributed by atoms with Crippen molar-refractivity contribution in [3.05, 3.63) is 23.8 Å². The summed E-state index contributed by atoms with van der Waals surface area (Å²) in [6.07, 6.45) is 2.02. The molecule has 4 N–H and O–H groups in total. The number of anilines is 1. The van der Waals surface area contributed by atoms with Crippen LogP contribution < -0.4 is 21.1 Å². The minimum Gasteiger partial charge on any atom is -0.497 e. The van der Waals surface area contributed by atoms with Crippen molar-refractivity contribution in [2.45, 2.75) is 31.8 Å². The molecular formula is C14H19N3O3. The molecule has 1 aliphatic carbocycles. The van der Waals surface area contributed by atoms with Gasteiger partial charge in [0.2, 0.25) is 5.91 Å². The Morgan fingerprint density at radius 1 is 1.40 bits per heavy atom. The second-order valence-electron chi connectivity index (χ2n) is 4.93. The molecule has 0 spiro atoms. The number of amides is 2. The Morgan fingerprint density at radius 3 is 2.65 bits per heavy atom. The summed E-state index contributed by atoms with van der Waals surface area (Å²) in [5, 5.41) is 5.47. The molecule has 0 aliphatic heterocycles. The largest absolute Gasteiger partial charge is 0.497 e. The van der Waals surface area contributed by atoms with E-state index in [0.717, 1.165) is 12.8 Å². The van der Waals surface area contributed by atoms with Crippen molar-refractivity contribution < 1.29 is 14.3 Å². The predicted octanol–water partition coefficient (Wildman–Crippen LogP) is 0.674. The molecule has 0 radical (unpaired) electrons. The normalized spacial score (nSPS) is 15.3. The van der Waals surface area contributed by atoms with Crippen LogP contribution in [0.2, 0.25) is 0 Å². The molecule has 1 saturated carbocycles. The molecule has 1 aliphatic rings. The molecule has 1 aromatic rings. The van der Waals surface area contributed by atoms with Crippen LogP contribution in [0, 0.1) is 0 Å². The second-order valence-corrected chi connectivity index (χ2v) is 4.93. The van der Waals surface area contributed by atoms with Gasteiger partial charge in [-0.3, -0.25) is 9.59 Å². The first-order chi connectivity index (χ1) is 9.51. The van der Waals surface area contributed by atoms with Gasteiger partial charge in [-0.2, -0.15) is 0 Å². The van der Waals surface area contributed by atoms with E-state index >= 15 is 0 Å². The Labute approximate surface area is 117 Å². The van der Waals surface area contributed by atoms with Crippen molar-refractivity contribution in [1.82, 2.24) is 10.6 Å². The lowest BCUT2D eigenvalue weighted by Gasteiger charge is -2.15. The molecule has 2 rings (SSSR count). The number of methoxy groups -OCH3 is 1. The number of nitrogens with two attached hydrogens (primary N) is 1. The van der Waals surface area contributed by atoms with Gasteiger partial charge in [-0.05, 0) is 31.9 Å². The van der Waals surface area contributed by atoms with Crippen LogP contribution in [-0.2, 0) is 4.79 Å². The Kier molecular flexibility index (Phi) is 4.12. The number of carbonyl (C=O) groups is 2. The molecule has 1 fully saturated rings. The Hall–Kier alpha value is -2.24. The average Bonchev–Trinajstić information content (AvgIpc) is 3.22. The number of hydrogen-bond donors (Lipinski definition) is 3. The van der Waals surface area contributed by atoms with Crippen LogP contribution in [0.5, 0.6) is 5.75 Å². The van der Waals surface area contributed by atoms with Crippen LogP contribution in [0.1, 0.15) is 30.1 Å². The van der Waals surface area contributed by atoms with Crippen LogP contribution in [0.25, 0.3) is 0 Å². The Balaban J connectivity index is 1.98. The first kappa shape index (κ1) is 14.2. The van der Waals surface area contributed by atoms with Crippen LogP contribution in [-0.4, -0.2) is 31.0 Å². The van der Waals surface area contributed by atoms with E-state index in [9.17, 15) is 9.59 Å². The molecule has 0 saturated heterocycles. The number of benzene rings is 1. The van der Waals surface area contributed by atoms with Crippen LogP contribution >= 0.6 is 0 Å². The molecular weight excluding hydrogens is 258 g/mol. The summed E-state index contributed by atoms with van der Waals surface area (Å²) in [6, 6.07) is 4.48. The molecule has 6 nitrogen and oxygen atoms in total. The highest BCUT2D eigenvalue weighted by Gasteiger charge is 2.26. The number of nitrogen functional groups attached to an aromatic ring is 1. The fraction of sp³-hybridized carbons (Fsp3) is 0.429. The number of hydrogen-bond acceptors (Lipinski definition) is 4. The van der Waals surface area contributed by atoms with E-state index in [1.54, 1.807) is 25.1 Å². The maximum absolute atomic E-state index is 12.1. The lowest BCUT2D eigenvalue weighted by molar-refractivity contribution is -0.122. The van der Waals surface area contributed by atoms with Crippen molar-refractivity contribution >= 4 is 17.5 Å². The molecule has 0 heterocycles. The van der Waals surface area contributed by atoms with Crippen molar-refractivity contribution in [1.29, 1.82) is 0 Å². The number of nitrogens with one attached hydrogen (secondary N) is 2. The quantitative estimate of drug-likeness (QED) is 0.690. The third-order valence-corrected chi connectivity index (χ3v) is 3.17. The van der Waals surface area contributed by atoms with Crippen LogP contribution in [0.15, 0.2) is 18.2 Å². The molecule has 6 heteroatoms. The van der Waals surface area contributed by atoms with Crippen LogP contribution in [0.3, 0.4) is 0 Å². The second kappa shape index (κ2) is 5.81. The SMILES string of the molecule is COc1ccc(C(=O)NC(C)C(=O)NC2CC2)c(N)c1. The van der Waals surface area contributed by atoms with E-state index in [0.29, 0.717) is 17.0 Å². The summed E-state index contributed by atoms with van der Waals surface area (Å²) in [7, 11) is 1.53. The first-order valence-electron chi connectivity index (χ1n) is 6.56. The van der Waals surface area contributed by atoms with E-state index in [1.807, 2.05) is 0 Å². The van der Waals surface area contributed by atoms with E-state index in [1.165, 1.54) is 7.11 Å². The molecule has 1 unspecified atom stereocenters. The summed E-state index contributed by atoms with van der Waals surface area (Å²) in [5.41, 5.74) is 6.45. The zero-order valence-corrected chi connectivity index (χ0v) is 11.6. The van der Waals surface area contributed by atoms with E-state index in [4.69, 9.17) is 10.5 Å². The van der Waals surface area contributed by atoms with Crippen LogP contribution in [0.4, 0.5) is 5.69 Å². The van der Waals surface area contributed by atoms with Crippen molar-refractivity contribution in [2.24, 2.45) is 0 Å². The summed E-state index contributed by atoms with van der Waals surface area (Å²) in [4.78, 5) is 23.8. The molecule has 1 aromatic carbocycles. The fourth-order valence-corrected chi connectivity index (χ4v) is 1.77. The van der Waals surface area contributed by atoms with Crippen molar-refractivity contribution in [2.75, 3.05) is 12.8 Å². The summed E-state index contributed by atoms with van der Waals surface area (Å²) in [5.74, 6) is 0.0371. The number of carbonyl (C=O) groups excluding carboxylic acids is 2. The molecule has 0 aromatic heterocycles. The van der Waals surface area contributed by atoms with Gasteiger partial charge in [0.25, 0.3) is 5.91 Å². The molecule has 20 heavy (non-hydrogen) atoms. The Bertz CT molecular complexity index is 526. The molecule has 108 valence electrons. The number of rotatable bonds is 5. The zero-order valence-electron chi connectivity index (χ0n) is 11.6. The lowest BCUT2D eigenvalue weighted by atomic mass is 10.1. The van der Waals surface area contributed by atoms with Gasteiger partial charge in [-0.25, -0.2) is 0 Å². The van der Waals surface area contributed by atoms with E-state index in [-0.39, 0.29) is 17.9 Å². The maximum Gasteiger partial charge on any atom is 0.254 e. The summed E-state index contributed by atoms with van der Waals surface area (Å²) >= 11 is 0. The van der Waals surface area contributed by atoms with Gasteiger partial charge in [0, 0.05) is 17.8 Å². The topological polar surface area (TPSA) is 93.4 Å². The van der Waals surface area contributed by atoms with Gasteiger partial charge in [-0.1, -0.05) is 0 Å². The smallest absolute Gasteiger partial charge is 0.254 e. The molecule has 1 atom stereocenters. The third-order valence-electron chi connectivity index (χ3n) is 3.17. The summed E-state index contributed by atoms with van der Waals surface area (Å²) < 4.78 is 5.02. The molecule has 0 bridgehead atoms. The number of ether oxygens (including phenoxy) is 1. The monoisotopic (exact) mass is 277 g/mol. The standard InChI is InChI=1S/C14H19N3O3/c1-8(13(18)17-9-3-4-9)16-14(19)11-6-5-10(20-2)7-12(11)15/h5-9H,3-4,15H2,1-2H3,(H,16,19)(H,17,18). The average molecular weight is 277 g/mol. The fourth-order valence-electron chi connectivity index (χ4n) is 1.77. The van der Waals surface area contributed by atoms with Gasteiger partial charge in [0.05, 0.1) is 12.7 Å². The van der Waals surface area contributed by atoms with Gasteiger partial charge in [0.1, 0.15) is 11.8 Å². The first-order valence-corrected chi connectivity index (χ1v) is 6.56. The van der Waals surface area contributed by atoms with Gasteiger partial charge >= 0.3 is 0 Å². The van der Waals surface area contributed by atoms with Crippen molar-refractivity contribution in [3.63, 3.8) is 0 Å². The van der Waals surface area contributed by atoms with Crippen molar-refractivity contribution in [3.8, 4) is 5.75 Å². The van der Waals surface area contributed by atoms with Gasteiger partial charge < -0.3 is 21.1 Å². The minimum absolute atomic E-state index is 0.173. The van der Waals surface area contributed by atoms with Gasteiger partial charge in [0.15, 0.2) is 0 Å². The van der Waals surface area contributed by atoms with E-state index < -0.39 is 6.04 Å². The lowest BCUT2D eigenvalue weighted by Crippen LogP contribution is -2.45. The summed E-state index contributed by atoms with van der Waals surface area (Å²) in [6.45, 7) is 1.65. The highest BCUT2D eigenvalue weighted by molar-refractivity contribution is 6.01. The van der Waals surface area contributed by atoms with Gasteiger partial charge in [-0.15, -0.1) is 0 Å². The zero-order chi connectivity index (χ0) is 14.7. The third kappa shape index (κ3) is 3.40. The highest BCUT2D eigenvalue weighted by atomic mass is 16.5. The molecule has 2 amide bonds. The Morgan fingerprint density at radius 2 is 2.10 bits per heavy atom. The highest BCUT2D eigenvalue weighted by Crippen LogP contribution is 2.20. The maximum atomic E-state index is 12.1.